The summed E-state index contributed by atoms with van der Waals surface area (Å²) in [5.41, 5.74) is 4.02. The number of ether oxygens (including phenoxy) is 1. The molecular formula is C24H22N2O3. The van der Waals surface area contributed by atoms with Crippen LogP contribution in [0.5, 0.6) is 0 Å². The van der Waals surface area contributed by atoms with Crippen LogP contribution in [0, 0.1) is 0 Å². The quantitative estimate of drug-likeness (QED) is 0.735. The van der Waals surface area contributed by atoms with Crippen LogP contribution in [0.4, 0.5) is 5.69 Å². The lowest BCUT2D eigenvalue weighted by molar-refractivity contribution is 0.0303. The van der Waals surface area contributed by atoms with Crippen LogP contribution in [0.1, 0.15) is 20.7 Å². The molecule has 29 heavy (non-hydrogen) atoms. The SMILES string of the molecule is O=C(Nc1ccc(C(=O)N2CCOCC2)cc1)c1ccc(-c2ccccc2)cc1. The molecule has 0 atom stereocenters. The molecule has 0 unspecified atom stereocenters. The van der Waals surface area contributed by atoms with Crippen LogP contribution >= 0.6 is 0 Å². The fourth-order valence-electron chi connectivity index (χ4n) is 3.29. The van der Waals surface area contributed by atoms with Crippen LogP contribution in [0.15, 0.2) is 78.9 Å². The minimum Gasteiger partial charge on any atom is -0.378 e. The maximum Gasteiger partial charge on any atom is 0.255 e. The average molecular weight is 386 g/mol. The predicted molar refractivity (Wildman–Crippen MR) is 113 cm³/mol. The molecule has 0 aromatic heterocycles. The standard InChI is InChI=1S/C24H22N2O3/c27-23(20-8-6-19(7-9-20)18-4-2-1-3-5-18)25-22-12-10-21(11-13-22)24(28)26-14-16-29-17-15-26/h1-13H,14-17H2,(H,25,27). The van der Waals surface area contributed by atoms with E-state index in [0.717, 1.165) is 11.1 Å². The highest BCUT2D eigenvalue weighted by molar-refractivity contribution is 6.04. The van der Waals surface area contributed by atoms with Crippen LogP contribution in [0.3, 0.4) is 0 Å². The molecule has 146 valence electrons. The van der Waals surface area contributed by atoms with Gasteiger partial charge in [-0.2, -0.15) is 0 Å². The normalized spacial score (nSPS) is 13.7. The van der Waals surface area contributed by atoms with Gasteiger partial charge < -0.3 is 15.0 Å². The zero-order valence-corrected chi connectivity index (χ0v) is 16.0. The Morgan fingerprint density at radius 3 is 1.97 bits per heavy atom. The van der Waals surface area contributed by atoms with Gasteiger partial charge in [-0.05, 0) is 47.5 Å². The molecule has 1 aliphatic rings. The largest absolute Gasteiger partial charge is 0.378 e. The summed E-state index contributed by atoms with van der Waals surface area (Å²) < 4.78 is 5.28. The van der Waals surface area contributed by atoms with Crippen molar-refractivity contribution in [1.29, 1.82) is 0 Å². The van der Waals surface area contributed by atoms with E-state index in [2.05, 4.69) is 5.32 Å². The summed E-state index contributed by atoms with van der Waals surface area (Å²) in [5, 5.41) is 2.88. The smallest absolute Gasteiger partial charge is 0.255 e. The van der Waals surface area contributed by atoms with Gasteiger partial charge in [0.05, 0.1) is 13.2 Å². The van der Waals surface area contributed by atoms with Crippen molar-refractivity contribution in [3.05, 3.63) is 90.0 Å². The van der Waals surface area contributed by atoms with Gasteiger partial charge in [-0.1, -0.05) is 42.5 Å². The fraction of sp³-hybridized carbons (Fsp3) is 0.167. The van der Waals surface area contributed by atoms with Crippen molar-refractivity contribution in [2.45, 2.75) is 0 Å². The monoisotopic (exact) mass is 386 g/mol. The minimum absolute atomic E-state index is 0.0114. The summed E-state index contributed by atoms with van der Waals surface area (Å²) in [7, 11) is 0. The third-order valence-corrected chi connectivity index (χ3v) is 4.94. The van der Waals surface area contributed by atoms with Gasteiger partial charge in [0.15, 0.2) is 0 Å². The summed E-state index contributed by atoms with van der Waals surface area (Å²) in [4.78, 5) is 26.8. The minimum atomic E-state index is -0.183. The number of anilines is 1. The molecule has 0 spiro atoms. The molecule has 5 heteroatoms. The topological polar surface area (TPSA) is 58.6 Å². The number of carbonyl (C=O) groups is 2. The van der Waals surface area contributed by atoms with E-state index < -0.39 is 0 Å². The Balaban J connectivity index is 1.40. The number of carbonyl (C=O) groups excluding carboxylic acids is 2. The van der Waals surface area contributed by atoms with Crippen LogP contribution in [-0.2, 0) is 4.74 Å². The lowest BCUT2D eigenvalue weighted by Gasteiger charge is -2.26. The number of morpholine rings is 1. The molecule has 3 aromatic carbocycles. The second-order valence-electron chi connectivity index (χ2n) is 6.88. The molecule has 2 amide bonds. The van der Waals surface area contributed by atoms with Gasteiger partial charge >= 0.3 is 0 Å². The summed E-state index contributed by atoms with van der Waals surface area (Å²) >= 11 is 0. The maximum atomic E-state index is 12.5. The van der Waals surface area contributed by atoms with Gasteiger partial charge in [0.25, 0.3) is 11.8 Å². The first kappa shape index (κ1) is 18.9. The second-order valence-corrected chi connectivity index (χ2v) is 6.88. The average Bonchev–Trinajstić information content (AvgIpc) is 2.80. The fourth-order valence-corrected chi connectivity index (χ4v) is 3.29. The van der Waals surface area contributed by atoms with E-state index in [9.17, 15) is 9.59 Å². The van der Waals surface area contributed by atoms with Crippen LogP contribution < -0.4 is 5.32 Å². The summed E-state index contributed by atoms with van der Waals surface area (Å²) in [6, 6.07) is 24.5. The lowest BCUT2D eigenvalue weighted by Crippen LogP contribution is -2.40. The van der Waals surface area contributed by atoms with Gasteiger partial charge in [0.2, 0.25) is 0 Å². The van der Waals surface area contributed by atoms with Crippen molar-refractivity contribution in [3.63, 3.8) is 0 Å². The highest BCUT2D eigenvalue weighted by Crippen LogP contribution is 2.20. The zero-order valence-electron chi connectivity index (χ0n) is 16.0. The summed E-state index contributed by atoms with van der Waals surface area (Å²) in [5.74, 6) is -0.195. The van der Waals surface area contributed by atoms with Gasteiger partial charge in [0, 0.05) is 29.9 Å². The van der Waals surface area contributed by atoms with E-state index in [0.29, 0.717) is 43.1 Å². The van der Waals surface area contributed by atoms with Crippen molar-refractivity contribution in [2.75, 3.05) is 31.6 Å². The number of benzene rings is 3. The Morgan fingerprint density at radius 1 is 0.724 bits per heavy atom. The van der Waals surface area contributed by atoms with Crippen LogP contribution in [-0.4, -0.2) is 43.0 Å². The number of nitrogens with one attached hydrogen (secondary N) is 1. The van der Waals surface area contributed by atoms with Gasteiger partial charge in [-0.15, -0.1) is 0 Å². The van der Waals surface area contributed by atoms with Crippen LogP contribution in [0.25, 0.3) is 11.1 Å². The summed E-state index contributed by atoms with van der Waals surface area (Å²) in [6.45, 7) is 2.36. The van der Waals surface area contributed by atoms with E-state index >= 15 is 0 Å². The molecule has 0 saturated carbocycles. The van der Waals surface area contributed by atoms with E-state index in [1.54, 1.807) is 29.2 Å². The predicted octanol–water partition coefficient (Wildman–Crippen LogP) is 4.08. The maximum absolute atomic E-state index is 12.5. The molecule has 1 fully saturated rings. The Bertz CT molecular complexity index is 977. The first-order valence-corrected chi connectivity index (χ1v) is 9.65. The molecule has 0 bridgehead atoms. The van der Waals surface area contributed by atoms with Crippen molar-refractivity contribution in [3.8, 4) is 11.1 Å². The molecule has 1 saturated heterocycles. The molecular weight excluding hydrogens is 364 g/mol. The Kier molecular flexibility index (Phi) is 5.68. The third kappa shape index (κ3) is 4.52. The molecule has 1 aliphatic heterocycles. The molecule has 0 radical (unpaired) electrons. The molecule has 4 rings (SSSR count). The number of nitrogens with zero attached hydrogens (tertiary/aromatic N) is 1. The van der Waals surface area contributed by atoms with Crippen molar-refractivity contribution in [1.82, 2.24) is 4.90 Å². The first-order chi connectivity index (χ1) is 14.2. The second kappa shape index (κ2) is 8.71. The Hall–Kier alpha value is -3.44. The number of hydrogen-bond acceptors (Lipinski definition) is 3. The van der Waals surface area contributed by atoms with Crippen LogP contribution in [0.2, 0.25) is 0 Å². The third-order valence-electron chi connectivity index (χ3n) is 4.94. The lowest BCUT2D eigenvalue weighted by atomic mass is 10.0. The van der Waals surface area contributed by atoms with Gasteiger partial charge in [0.1, 0.15) is 0 Å². The molecule has 1 heterocycles. The molecule has 5 nitrogen and oxygen atoms in total. The van der Waals surface area contributed by atoms with E-state index in [4.69, 9.17) is 4.74 Å². The number of amides is 2. The first-order valence-electron chi connectivity index (χ1n) is 9.65. The highest BCUT2D eigenvalue weighted by atomic mass is 16.5. The van der Waals surface area contributed by atoms with Gasteiger partial charge in [-0.3, -0.25) is 9.59 Å². The molecule has 3 aromatic rings. The molecule has 1 N–H and O–H groups in total. The Morgan fingerprint density at radius 2 is 1.31 bits per heavy atom. The van der Waals surface area contributed by atoms with Gasteiger partial charge in [-0.25, -0.2) is 0 Å². The van der Waals surface area contributed by atoms with E-state index in [1.165, 1.54) is 0 Å². The van der Waals surface area contributed by atoms with Crippen molar-refractivity contribution in [2.24, 2.45) is 0 Å². The number of hydrogen-bond donors (Lipinski definition) is 1. The highest BCUT2D eigenvalue weighted by Gasteiger charge is 2.18. The number of rotatable bonds is 4. The zero-order chi connectivity index (χ0) is 20.1. The molecule has 0 aliphatic carbocycles. The summed E-state index contributed by atoms with van der Waals surface area (Å²) in [6.07, 6.45) is 0. The van der Waals surface area contributed by atoms with Crippen molar-refractivity contribution < 1.29 is 14.3 Å². The van der Waals surface area contributed by atoms with E-state index in [-0.39, 0.29) is 11.8 Å². The van der Waals surface area contributed by atoms with E-state index in [1.807, 2.05) is 54.6 Å². The van der Waals surface area contributed by atoms with Crippen molar-refractivity contribution >= 4 is 17.5 Å². The Labute approximate surface area is 169 Å².